The van der Waals surface area contributed by atoms with Crippen LogP contribution in [0.3, 0.4) is 0 Å². The fraction of sp³-hybridized carbons (Fsp3) is 0.300. The van der Waals surface area contributed by atoms with Crippen molar-refractivity contribution in [3.05, 3.63) is 58.4 Å². The van der Waals surface area contributed by atoms with Gasteiger partial charge in [0.1, 0.15) is 11.7 Å². The Bertz CT molecular complexity index is 905. The maximum atomic E-state index is 14.7. The first-order valence-corrected chi connectivity index (χ1v) is 9.31. The number of hydrogen-bond acceptors (Lipinski definition) is 3. The fourth-order valence-electron chi connectivity index (χ4n) is 3.65. The molecule has 4 rings (SSSR count). The van der Waals surface area contributed by atoms with E-state index in [1.807, 2.05) is 6.07 Å². The topological polar surface area (TPSA) is 61.4 Å². The van der Waals surface area contributed by atoms with Crippen molar-refractivity contribution in [2.45, 2.75) is 19.4 Å². The zero-order chi connectivity index (χ0) is 19.0. The van der Waals surface area contributed by atoms with E-state index in [0.717, 1.165) is 5.56 Å². The molecule has 0 saturated carbocycles. The van der Waals surface area contributed by atoms with Crippen molar-refractivity contribution < 1.29 is 14.0 Å². The highest BCUT2D eigenvalue weighted by atomic mass is 35.5. The highest BCUT2D eigenvalue weighted by Crippen LogP contribution is 2.29. The smallest absolute Gasteiger partial charge is 0.239 e. The van der Waals surface area contributed by atoms with Gasteiger partial charge in [-0.2, -0.15) is 0 Å². The van der Waals surface area contributed by atoms with Gasteiger partial charge in [0, 0.05) is 23.8 Å². The Balaban J connectivity index is 0.00000225. The van der Waals surface area contributed by atoms with Gasteiger partial charge in [0.05, 0.1) is 5.69 Å². The summed E-state index contributed by atoms with van der Waals surface area (Å²) < 4.78 is 14.7. The Hall–Kier alpha value is -2.15. The Labute approximate surface area is 173 Å². The highest BCUT2D eigenvalue weighted by molar-refractivity contribution is 6.30. The van der Waals surface area contributed by atoms with E-state index in [0.29, 0.717) is 48.7 Å². The summed E-state index contributed by atoms with van der Waals surface area (Å²) in [7, 11) is 0. The molecular weight excluding hydrogens is 404 g/mol. The molecule has 2 aromatic carbocycles. The van der Waals surface area contributed by atoms with E-state index in [9.17, 15) is 14.0 Å². The first-order chi connectivity index (χ1) is 13.0. The van der Waals surface area contributed by atoms with Gasteiger partial charge in [0.2, 0.25) is 11.8 Å². The molecule has 2 amide bonds. The Morgan fingerprint density at radius 1 is 1.21 bits per heavy atom. The number of fused-ring (bicyclic) bond motifs is 1. The quantitative estimate of drug-likeness (QED) is 0.742. The summed E-state index contributed by atoms with van der Waals surface area (Å²) in [6.07, 6.45) is 0.974. The minimum absolute atomic E-state index is 0. The maximum absolute atomic E-state index is 14.7. The van der Waals surface area contributed by atoms with Crippen molar-refractivity contribution >= 4 is 47.2 Å². The number of rotatable bonds is 3. The number of nitrogens with zero attached hydrogens (tertiary/aromatic N) is 1. The second-order valence-electron chi connectivity index (χ2n) is 6.79. The first-order valence-electron chi connectivity index (χ1n) is 8.93. The molecule has 2 N–H and O–H groups in total. The molecule has 0 spiro atoms. The van der Waals surface area contributed by atoms with E-state index in [4.69, 9.17) is 11.6 Å². The van der Waals surface area contributed by atoms with E-state index >= 15 is 0 Å². The van der Waals surface area contributed by atoms with E-state index in [2.05, 4.69) is 10.6 Å². The number of halogens is 3. The van der Waals surface area contributed by atoms with Crippen molar-refractivity contribution in [3.63, 3.8) is 0 Å². The summed E-state index contributed by atoms with van der Waals surface area (Å²) in [4.78, 5) is 26.9. The molecule has 1 unspecified atom stereocenters. The van der Waals surface area contributed by atoms with E-state index < -0.39 is 17.6 Å². The number of anilines is 2. The number of carbonyl (C=O) groups is 2. The summed E-state index contributed by atoms with van der Waals surface area (Å²) in [5.74, 6) is -1.97. The van der Waals surface area contributed by atoms with Crippen LogP contribution >= 0.6 is 24.0 Å². The molecule has 0 aliphatic carbocycles. The van der Waals surface area contributed by atoms with Gasteiger partial charge in [0.15, 0.2) is 0 Å². The van der Waals surface area contributed by atoms with Crippen LogP contribution in [0.5, 0.6) is 0 Å². The molecule has 2 heterocycles. The molecule has 0 radical (unpaired) electrons. The molecule has 2 aromatic rings. The number of nitrogens with one attached hydrogen (secondary N) is 2. The molecule has 148 valence electrons. The normalized spacial score (nSPS) is 18.4. The fourth-order valence-corrected chi connectivity index (χ4v) is 3.78. The molecule has 1 saturated heterocycles. The van der Waals surface area contributed by atoms with Crippen LogP contribution in [0.15, 0.2) is 36.4 Å². The van der Waals surface area contributed by atoms with Crippen molar-refractivity contribution in [2.24, 2.45) is 5.92 Å². The zero-order valence-corrected chi connectivity index (χ0v) is 16.6. The van der Waals surface area contributed by atoms with Gasteiger partial charge < -0.3 is 15.5 Å². The van der Waals surface area contributed by atoms with Crippen molar-refractivity contribution in [1.82, 2.24) is 5.32 Å². The molecule has 2 aliphatic heterocycles. The number of benzene rings is 2. The monoisotopic (exact) mass is 423 g/mol. The van der Waals surface area contributed by atoms with Crippen LogP contribution in [-0.2, 0) is 22.6 Å². The predicted octanol–water partition coefficient (Wildman–Crippen LogP) is 3.54. The lowest BCUT2D eigenvalue weighted by molar-refractivity contribution is -0.129. The highest BCUT2D eigenvalue weighted by Gasteiger charge is 2.38. The Morgan fingerprint density at radius 3 is 2.71 bits per heavy atom. The van der Waals surface area contributed by atoms with E-state index in [1.165, 1.54) is 0 Å². The largest absolute Gasteiger partial charge is 0.323 e. The zero-order valence-electron chi connectivity index (χ0n) is 15.0. The number of hydrogen-bond donors (Lipinski definition) is 2. The van der Waals surface area contributed by atoms with Crippen LogP contribution in [0.4, 0.5) is 15.8 Å². The minimum Gasteiger partial charge on any atom is -0.323 e. The van der Waals surface area contributed by atoms with Gasteiger partial charge in [-0.15, -0.1) is 12.4 Å². The molecule has 28 heavy (non-hydrogen) atoms. The van der Waals surface area contributed by atoms with E-state index in [-0.39, 0.29) is 24.0 Å². The summed E-state index contributed by atoms with van der Waals surface area (Å²) in [5.41, 5.74) is 2.38. The molecule has 0 aromatic heterocycles. The molecule has 0 bridgehead atoms. The molecule has 1 fully saturated rings. The standard InChI is InChI=1S/C20H19ClFN3O2.ClH/c21-13-2-4-14(5-3-13)25-10-8-16(20(25)27)19(26)24-17-6-1-12-11-23-9-7-15(12)18(17)22;/h1-6,16,23H,7-11H2,(H,24,26);1H. The van der Waals surface area contributed by atoms with Crippen molar-refractivity contribution in [3.8, 4) is 0 Å². The van der Waals surface area contributed by atoms with Gasteiger partial charge in [-0.1, -0.05) is 17.7 Å². The summed E-state index contributed by atoms with van der Waals surface area (Å²) in [6.45, 7) is 1.77. The van der Waals surface area contributed by atoms with Crippen LogP contribution < -0.4 is 15.5 Å². The van der Waals surface area contributed by atoms with Crippen molar-refractivity contribution in [2.75, 3.05) is 23.3 Å². The average molecular weight is 424 g/mol. The first kappa shape index (κ1) is 20.6. The minimum atomic E-state index is -0.822. The SMILES string of the molecule is Cl.O=C(Nc1ccc2c(c1F)CCNC2)C1CCN(c2ccc(Cl)cc2)C1=O. The third-order valence-electron chi connectivity index (χ3n) is 5.13. The van der Waals surface area contributed by atoms with Crippen molar-refractivity contribution in [1.29, 1.82) is 0 Å². The van der Waals surface area contributed by atoms with Crippen LogP contribution in [0, 0.1) is 11.7 Å². The average Bonchev–Trinajstić information content (AvgIpc) is 3.06. The Kier molecular flexibility index (Phi) is 6.23. The van der Waals surface area contributed by atoms with Gasteiger partial charge in [0.25, 0.3) is 0 Å². The molecule has 1 atom stereocenters. The lowest BCUT2D eigenvalue weighted by Gasteiger charge is -2.20. The second-order valence-corrected chi connectivity index (χ2v) is 7.22. The lowest BCUT2D eigenvalue weighted by atomic mass is 9.99. The molecule has 2 aliphatic rings. The second kappa shape index (κ2) is 8.47. The lowest BCUT2D eigenvalue weighted by Crippen LogP contribution is -2.33. The van der Waals surface area contributed by atoms with Gasteiger partial charge >= 0.3 is 0 Å². The van der Waals surface area contributed by atoms with Gasteiger partial charge in [-0.05, 0) is 60.8 Å². The van der Waals surface area contributed by atoms with Crippen LogP contribution in [0.25, 0.3) is 0 Å². The van der Waals surface area contributed by atoms with Crippen LogP contribution in [-0.4, -0.2) is 24.9 Å². The Morgan fingerprint density at radius 2 is 1.96 bits per heavy atom. The predicted molar refractivity (Wildman–Crippen MR) is 110 cm³/mol. The third-order valence-corrected chi connectivity index (χ3v) is 5.38. The van der Waals surface area contributed by atoms with E-state index in [1.54, 1.807) is 35.2 Å². The summed E-state index contributed by atoms with van der Waals surface area (Å²) in [6, 6.07) is 10.3. The number of amides is 2. The number of carbonyl (C=O) groups excluding carboxylic acids is 2. The summed E-state index contributed by atoms with van der Waals surface area (Å²) >= 11 is 5.88. The van der Waals surface area contributed by atoms with Crippen LogP contribution in [0.2, 0.25) is 5.02 Å². The molecule has 5 nitrogen and oxygen atoms in total. The molecule has 8 heteroatoms. The summed E-state index contributed by atoms with van der Waals surface area (Å²) in [5, 5.41) is 6.38. The molecular formula is C20H20Cl2FN3O2. The maximum Gasteiger partial charge on any atom is 0.239 e. The van der Waals surface area contributed by atoms with Gasteiger partial charge in [-0.3, -0.25) is 9.59 Å². The third kappa shape index (κ3) is 3.85. The van der Waals surface area contributed by atoms with Crippen LogP contribution in [0.1, 0.15) is 17.5 Å². The van der Waals surface area contributed by atoms with Gasteiger partial charge in [-0.25, -0.2) is 4.39 Å².